The van der Waals surface area contributed by atoms with Crippen molar-refractivity contribution in [1.82, 2.24) is 9.55 Å². The van der Waals surface area contributed by atoms with Crippen molar-refractivity contribution in [1.29, 1.82) is 0 Å². The first-order valence-corrected chi connectivity index (χ1v) is 9.69. The third-order valence-electron chi connectivity index (χ3n) is 4.44. The lowest BCUT2D eigenvalue weighted by molar-refractivity contribution is 0.102. The maximum atomic E-state index is 14.7. The van der Waals surface area contributed by atoms with Crippen LogP contribution in [0.25, 0.3) is 22.2 Å². The predicted molar refractivity (Wildman–Crippen MR) is 117 cm³/mol. The number of nitrogens with zero attached hydrogens (tertiary/aromatic N) is 2. The van der Waals surface area contributed by atoms with E-state index in [2.05, 4.69) is 10.3 Å². The zero-order chi connectivity index (χ0) is 21.0. The van der Waals surface area contributed by atoms with E-state index in [9.17, 15) is 9.18 Å². The molecule has 4 aromatic rings. The molecule has 0 saturated carbocycles. The largest absolute Gasteiger partial charge is 0.343 e. The minimum atomic E-state index is -0.655. The Morgan fingerprint density at radius 1 is 1.03 bits per heavy atom. The van der Waals surface area contributed by atoms with Crippen molar-refractivity contribution in [3.05, 3.63) is 83.3 Å². The number of amides is 1. The third kappa shape index (κ3) is 4.15. The van der Waals surface area contributed by atoms with E-state index in [1.165, 1.54) is 0 Å². The smallest absolute Gasteiger partial charge is 0.258 e. The molecular weight excluding hydrogens is 389 g/mol. The number of benzene rings is 2. The second-order valence-corrected chi connectivity index (χ2v) is 6.52. The summed E-state index contributed by atoms with van der Waals surface area (Å²) >= 11 is 6.02. The summed E-state index contributed by atoms with van der Waals surface area (Å²) in [6.07, 6.45) is 0. The van der Waals surface area contributed by atoms with Crippen LogP contribution in [0.2, 0.25) is 5.02 Å². The third-order valence-corrected chi connectivity index (χ3v) is 4.77. The Kier molecular flexibility index (Phi) is 6.29. The van der Waals surface area contributed by atoms with E-state index in [-0.39, 0.29) is 5.82 Å². The maximum absolute atomic E-state index is 14.7. The summed E-state index contributed by atoms with van der Waals surface area (Å²) in [6.45, 7) is 4.00. The minimum absolute atomic E-state index is 0.125. The maximum Gasteiger partial charge on any atom is 0.258 e. The van der Waals surface area contributed by atoms with Gasteiger partial charge in [-0.1, -0.05) is 55.8 Å². The fourth-order valence-electron chi connectivity index (χ4n) is 3.07. The Bertz CT molecular complexity index is 1170. The number of nitrogens with one attached hydrogen (secondary N) is 1. The van der Waals surface area contributed by atoms with E-state index in [4.69, 9.17) is 11.6 Å². The number of pyridine rings is 1. The highest BCUT2D eigenvalue weighted by molar-refractivity contribution is 6.34. The Hall–Kier alpha value is -3.18. The number of aromatic nitrogens is 2. The van der Waals surface area contributed by atoms with E-state index in [0.717, 1.165) is 10.9 Å². The van der Waals surface area contributed by atoms with Gasteiger partial charge < -0.3 is 9.88 Å². The number of aryl methyl sites for hydroxylation is 1. The van der Waals surface area contributed by atoms with Crippen molar-refractivity contribution in [3.8, 4) is 11.3 Å². The molecule has 4 rings (SSSR count). The van der Waals surface area contributed by atoms with Gasteiger partial charge >= 0.3 is 0 Å². The fraction of sp³-hybridized carbons (Fsp3) is 0.130. The van der Waals surface area contributed by atoms with Crippen molar-refractivity contribution in [3.63, 3.8) is 0 Å². The van der Waals surface area contributed by atoms with E-state index < -0.39 is 11.9 Å². The van der Waals surface area contributed by atoms with Crippen LogP contribution in [-0.4, -0.2) is 15.5 Å². The molecule has 29 heavy (non-hydrogen) atoms. The summed E-state index contributed by atoms with van der Waals surface area (Å²) < 4.78 is 16.6. The Labute approximate surface area is 174 Å². The normalized spacial score (nSPS) is 10.4. The number of carbonyl (C=O) groups is 1. The molecule has 1 N–H and O–H groups in total. The van der Waals surface area contributed by atoms with Gasteiger partial charge in [0.1, 0.15) is 5.82 Å². The van der Waals surface area contributed by atoms with Gasteiger partial charge in [-0.05, 0) is 36.4 Å². The molecule has 2 aromatic carbocycles. The molecule has 1 amide bonds. The average molecular weight is 410 g/mol. The molecule has 0 aliphatic rings. The molecule has 0 aliphatic heterocycles. The summed E-state index contributed by atoms with van der Waals surface area (Å²) in [5.74, 6) is -0.970. The minimum Gasteiger partial charge on any atom is -0.343 e. The SMILES string of the molecule is CC.Cn1c(-c2ccc(NC(=O)c3ccccc3Cl)nc2F)cc2ccccc21. The summed E-state index contributed by atoms with van der Waals surface area (Å²) in [4.78, 5) is 16.2. The molecule has 2 aromatic heterocycles. The van der Waals surface area contributed by atoms with Crippen LogP contribution < -0.4 is 5.32 Å². The van der Waals surface area contributed by atoms with Gasteiger partial charge in [0, 0.05) is 18.0 Å². The zero-order valence-corrected chi connectivity index (χ0v) is 17.2. The highest BCUT2D eigenvalue weighted by Gasteiger charge is 2.15. The van der Waals surface area contributed by atoms with Gasteiger partial charge in [-0.3, -0.25) is 4.79 Å². The van der Waals surface area contributed by atoms with Gasteiger partial charge in [-0.25, -0.2) is 4.98 Å². The highest BCUT2D eigenvalue weighted by atomic mass is 35.5. The van der Waals surface area contributed by atoms with Crippen molar-refractivity contribution < 1.29 is 9.18 Å². The Morgan fingerprint density at radius 2 is 1.72 bits per heavy atom. The topological polar surface area (TPSA) is 46.9 Å². The molecule has 0 atom stereocenters. The van der Waals surface area contributed by atoms with Gasteiger partial charge in [-0.2, -0.15) is 4.39 Å². The second kappa shape index (κ2) is 8.88. The number of anilines is 1. The van der Waals surface area contributed by atoms with E-state index in [0.29, 0.717) is 21.8 Å². The van der Waals surface area contributed by atoms with Crippen molar-refractivity contribution >= 4 is 34.2 Å². The molecule has 2 heterocycles. The molecule has 6 heteroatoms. The summed E-state index contributed by atoms with van der Waals surface area (Å²) in [6, 6.07) is 19.6. The monoisotopic (exact) mass is 409 g/mol. The van der Waals surface area contributed by atoms with Crippen LogP contribution in [-0.2, 0) is 7.05 Å². The number of para-hydroxylation sites is 1. The summed E-state index contributed by atoms with van der Waals surface area (Å²) in [5, 5.41) is 3.92. The van der Waals surface area contributed by atoms with Gasteiger partial charge in [0.15, 0.2) is 0 Å². The van der Waals surface area contributed by atoms with Crippen LogP contribution in [0.5, 0.6) is 0 Å². The lowest BCUT2D eigenvalue weighted by atomic mass is 10.2. The predicted octanol–water partition coefficient (Wildman–Crippen LogP) is 6.31. The van der Waals surface area contributed by atoms with Gasteiger partial charge in [0.25, 0.3) is 5.91 Å². The lowest BCUT2D eigenvalue weighted by Gasteiger charge is -2.09. The molecule has 148 valence electrons. The first-order chi connectivity index (χ1) is 14.0. The van der Waals surface area contributed by atoms with E-state index >= 15 is 0 Å². The fourth-order valence-corrected chi connectivity index (χ4v) is 3.29. The average Bonchev–Trinajstić information content (AvgIpc) is 3.06. The van der Waals surface area contributed by atoms with Gasteiger partial charge in [0.2, 0.25) is 5.95 Å². The van der Waals surface area contributed by atoms with Crippen molar-refractivity contribution in [2.75, 3.05) is 5.32 Å². The van der Waals surface area contributed by atoms with Crippen molar-refractivity contribution in [2.24, 2.45) is 7.05 Å². The number of rotatable bonds is 3. The molecular formula is C23H21ClFN3O. The van der Waals surface area contributed by atoms with Crippen LogP contribution in [0.15, 0.2) is 66.7 Å². The van der Waals surface area contributed by atoms with Crippen LogP contribution >= 0.6 is 11.6 Å². The second-order valence-electron chi connectivity index (χ2n) is 6.12. The highest BCUT2D eigenvalue weighted by Crippen LogP contribution is 2.29. The number of hydrogen-bond acceptors (Lipinski definition) is 2. The molecule has 0 fully saturated rings. The van der Waals surface area contributed by atoms with Gasteiger partial charge in [-0.15, -0.1) is 0 Å². The van der Waals surface area contributed by atoms with E-state index in [1.807, 2.05) is 55.8 Å². The molecule has 4 nitrogen and oxygen atoms in total. The first kappa shape index (κ1) is 20.6. The van der Waals surface area contributed by atoms with Crippen LogP contribution in [0.4, 0.5) is 10.2 Å². The summed E-state index contributed by atoms with van der Waals surface area (Å²) in [5.41, 5.74) is 2.39. The standard InChI is InChI=1S/C21H15ClFN3O.C2H6/c1-26-17-9-5-2-6-13(17)12-18(26)15-10-11-19(24-20(15)23)25-21(27)14-7-3-4-8-16(14)22;1-2/h2-12H,1H3,(H,24,25,27);1-2H3. The van der Waals surface area contributed by atoms with Crippen LogP contribution in [0.1, 0.15) is 24.2 Å². The Balaban J connectivity index is 0.00000117. The van der Waals surface area contributed by atoms with Crippen LogP contribution in [0, 0.1) is 5.95 Å². The number of halogens is 2. The molecule has 0 saturated heterocycles. The lowest BCUT2D eigenvalue weighted by Crippen LogP contribution is -2.14. The zero-order valence-electron chi connectivity index (χ0n) is 16.4. The number of carbonyl (C=O) groups excluding carboxylic acids is 1. The molecule has 0 bridgehead atoms. The first-order valence-electron chi connectivity index (χ1n) is 9.32. The van der Waals surface area contributed by atoms with Gasteiger partial charge in [0.05, 0.1) is 21.8 Å². The molecule has 0 radical (unpaired) electrons. The Morgan fingerprint density at radius 3 is 2.41 bits per heavy atom. The van der Waals surface area contributed by atoms with Crippen molar-refractivity contribution in [2.45, 2.75) is 13.8 Å². The van der Waals surface area contributed by atoms with E-state index in [1.54, 1.807) is 36.4 Å². The van der Waals surface area contributed by atoms with Crippen LogP contribution in [0.3, 0.4) is 0 Å². The molecule has 0 unspecified atom stereocenters. The molecule has 0 spiro atoms. The molecule has 0 aliphatic carbocycles. The number of hydrogen-bond donors (Lipinski definition) is 1. The summed E-state index contributed by atoms with van der Waals surface area (Å²) in [7, 11) is 1.88. The quantitative estimate of drug-likeness (QED) is 0.403. The number of fused-ring (bicyclic) bond motifs is 1.